The molecule has 0 aliphatic rings. The van der Waals surface area contributed by atoms with Crippen molar-refractivity contribution >= 4 is 12.4 Å². The standard InChI is InChI=1S/C12H10BF3NO.K/c14-13(15,16)11-2-1-3-12(8-11)18-9-10-4-6-17-7-5-10;/h1-8H,9H2;/q-1;+1. The summed E-state index contributed by atoms with van der Waals surface area (Å²) in [5.41, 5.74) is 0.204. The smallest absolute Gasteiger partial charge is 0.489 e. The van der Waals surface area contributed by atoms with Gasteiger partial charge in [-0.3, -0.25) is 4.98 Å². The van der Waals surface area contributed by atoms with Gasteiger partial charge < -0.3 is 17.7 Å². The molecule has 0 saturated heterocycles. The number of aromatic nitrogens is 1. The van der Waals surface area contributed by atoms with Gasteiger partial charge >= 0.3 is 58.4 Å². The van der Waals surface area contributed by atoms with Crippen LogP contribution >= 0.6 is 0 Å². The Labute approximate surface area is 151 Å². The Morgan fingerprint density at radius 2 is 1.74 bits per heavy atom. The van der Waals surface area contributed by atoms with E-state index in [0.29, 0.717) is 0 Å². The minimum atomic E-state index is -4.99. The van der Waals surface area contributed by atoms with Gasteiger partial charge in [-0.05, 0) is 29.8 Å². The molecule has 0 aliphatic carbocycles. The average molecular weight is 291 g/mol. The second-order valence-electron chi connectivity index (χ2n) is 3.79. The third kappa shape index (κ3) is 5.27. The molecule has 0 aliphatic heterocycles. The molecular weight excluding hydrogens is 281 g/mol. The molecule has 0 radical (unpaired) electrons. The monoisotopic (exact) mass is 291 g/mol. The molecule has 0 amide bonds. The van der Waals surface area contributed by atoms with E-state index in [9.17, 15) is 12.9 Å². The van der Waals surface area contributed by atoms with Gasteiger partial charge in [0, 0.05) is 12.4 Å². The summed E-state index contributed by atoms with van der Waals surface area (Å²) in [7, 11) is 0. The Balaban J connectivity index is 0.00000180. The van der Waals surface area contributed by atoms with Crippen molar-refractivity contribution in [2.75, 3.05) is 0 Å². The van der Waals surface area contributed by atoms with E-state index >= 15 is 0 Å². The summed E-state index contributed by atoms with van der Waals surface area (Å²) in [5, 5.41) is 0. The van der Waals surface area contributed by atoms with E-state index in [2.05, 4.69) is 4.98 Å². The third-order valence-electron chi connectivity index (χ3n) is 2.39. The largest absolute Gasteiger partial charge is 1.00 e. The maximum Gasteiger partial charge on any atom is 1.00 e. The summed E-state index contributed by atoms with van der Waals surface area (Å²) in [6, 6.07) is 8.40. The van der Waals surface area contributed by atoms with Crippen LogP contribution in [0.5, 0.6) is 5.75 Å². The molecule has 1 heterocycles. The van der Waals surface area contributed by atoms with Crippen LogP contribution in [0.1, 0.15) is 5.56 Å². The molecule has 1 aromatic carbocycles. The number of nitrogens with zero attached hydrogens (tertiary/aromatic N) is 1. The fourth-order valence-electron chi connectivity index (χ4n) is 1.45. The number of benzene rings is 1. The number of hydrogen-bond donors (Lipinski definition) is 0. The first kappa shape index (κ1) is 16.7. The Hall–Kier alpha value is -0.339. The zero-order chi connectivity index (χ0) is 13.0. The summed E-state index contributed by atoms with van der Waals surface area (Å²) in [6.07, 6.45) is 3.21. The molecule has 1 aromatic heterocycles. The van der Waals surface area contributed by atoms with Crippen molar-refractivity contribution in [3.05, 3.63) is 54.4 Å². The van der Waals surface area contributed by atoms with Crippen molar-refractivity contribution in [2.24, 2.45) is 0 Å². The van der Waals surface area contributed by atoms with Crippen molar-refractivity contribution in [3.8, 4) is 5.75 Å². The van der Waals surface area contributed by atoms with E-state index in [0.717, 1.165) is 17.7 Å². The zero-order valence-corrected chi connectivity index (χ0v) is 13.5. The van der Waals surface area contributed by atoms with Crippen molar-refractivity contribution in [1.82, 2.24) is 4.98 Å². The van der Waals surface area contributed by atoms with Crippen LogP contribution in [-0.2, 0) is 6.61 Å². The zero-order valence-electron chi connectivity index (χ0n) is 10.4. The SMILES string of the molecule is F[B-](F)(F)c1cccc(OCc2ccncc2)c1.[K+]. The fraction of sp³-hybridized carbons (Fsp3) is 0.0833. The molecule has 0 unspecified atom stereocenters. The predicted octanol–water partition coefficient (Wildman–Crippen LogP) is -0.281. The van der Waals surface area contributed by atoms with E-state index in [4.69, 9.17) is 4.74 Å². The first-order valence-electron chi connectivity index (χ1n) is 5.37. The number of ether oxygens (including phenoxy) is 1. The molecule has 0 bridgehead atoms. The van der Waals surface area contributed by atoms with Gasteiger partial charge in [-0.25, -0.2) is 0 Å². The summed E-state index contributed by atoms with van der Waals surface area (Å²) >= 11 is 0. The van der Waals surface area contributed by atoms with Crippen LogP contribution in [0, 0.1) is 0 Å². The van der Waals surface area contributed by atoms with Gasteiger partial charge in [-0.2, -0.15) is 0 Å². The maximum absolute atomic E-state index is 12.5. The van der Waals surface area contributed by atoms with Crippen LogP contribution in [0.2, 0.25) is 0 Å². The molecular formula is C12H10BF3KNO. The van der Waals surface area contributed by atoms with Gasteiger partial charge in [-0.15, -0.1) is 5.46 Å². The molecule has 0 N–H and O–H groups in total. The number of rotatable bonds is 4. The second-order valence-corrected chi connectivity index (χ2v) is 3.79. The number of pyridine rings is 1. The molecule has 2 rings (SSSR count). The van der Waals surface area contributed by atoms with Crippen LogP contribution in [0.4, 0.5) is 12.9 Å². The van der Waals surface area contributed by atoms with Crippen molar-refractivity contribution < 1.29 is 69.1 Å². The van der Waals surface area contributed by atoms with E-state index in [1.54, 1.807) is 24.5 Å². The summed E-state index contributed by atoms with van der Waals surface area (Å²) in [4.78, 5) is 3.84. The minimum Gasteiger partial charge on any atom is -0.489 e. The van der Waals surface area contributed by atoms with E-state index in [1.807, 2.05) is 0 Å². The van der Waals surface area contributed by atoms with Crippen molar-refractivity contribution in [1.29, 1.82) is 0 Å². The van der Waals surface area contributed by atoms with Crippen LogP contribution in [0.25, 0.3) is 0 Å². The van der Waals surface area contributed by atoms with Crippen LogP contribution in [-0.4, -0.2) is 12.0 Å². The molecule has 2 aromatic rings. The Morgan fingerprint density at radius 1 is 1.05 bits per heavy atom. The fourth-order valence-corrected chi connectivity index (χ4v) is 1.45. The summed E-state index contributed by atoms with van der Waals surface area (Å²) < 4.78 is 42.9. The van der Waals surface area contributed by atoms with Gasteiger partial charge in [0.05, 0.1) is 0 Å². The van der Waals surface area contributed by atoms with Crippen LogP contribution in [0.15, 0.2) is 48.8 Å². The van der Waals surface area contributed by atoms with Crippen molar-refractivity contribution in [3.63, 3.8) is 0 Å². The topological polar surface area (TPSA) is 22.1 Å². The minimum absolute atomic E-state index is 0. The van der Waals surface area contributed by atoms with E-state index in [-0.39, 0.29) is 63.7 Å². The predicted molar refractivity (Wildman–Crippen MR) is 63.7 cm³/mol. The number of hydrogen-bond acceptors (Lipinski definition) is 2. The molecule has 7 heteroatoms. The normalized spacial score (nSPS) is 10.7. The van der Waals surface area contributed by atoms with Crippen LogP contribution in [0.3, 0.4) is 0 Å². The Bertz CT molecular complexity index is 522. The first-order chi connectivity index (χ1) is 8.55. The van der Waals surface area contributed by atoms with Gasteiger partial charge in [0.1, 0.15) is 12.4 Å². The molecule has 0 spiro atoms. The van der Waals surface area contributed by atoms with Gasteiger partial charge in [0.15, 0.2) is 0 Å². The molecule has 2 nitrogen and oxygen atoms in total. The van der Waals surface area contributed by atoms with E-state index < -0.39 is 12.4 Å². The van der Waals surface area contributed by atoms with Gasteiger partial charge in [0.25, 0.3) is 0 Å². The maximum atomic E-state index is 12.5. The van der Waals surface area contributed by atoms with Crippen LogP contribution < -0.4 is 61.6 Å². The van der Waals surface area contributed by atoms with Gasteiger partial charge in [-0.1, -0.05) is 12.1 Å². The molecule has 94 valence electrons. The Morgan fingerprint density at radius 3 is 2.37 bits per heavy atom. The molecule has 0 fully saturated rings. The molecule has 0 saturated carbocycles. The quantitative estimate of drug-likeness (QED) is 0.723. The average Bonchev–Trinajstić information content (AvgIpc) is 2.37. The summed E-state index contributed by atoms with van der Waals surface area (Å²) in [5.74, 6) is 0.212. The molecule has 0 atom stereocenters. The van der Waals surface area contributed by atoms with Crippen molar-refractivity contribution in [2.45, 2.75) is 6.61 Å². The number of halogens is 3. The second kappa shape index (κ2) is 7.45. The van der Waals surface area contributed by atoms with Gasteiger partial charge in [0.2, 0.25) is 0 Å². The van der Waals surface area contributed by atoms with E-state index in [1.165, 1.54) is 12.1 Å². The Kier molecular flexibility index (Phi) is 6.55. The first-order valence-corrected chi connectivity index (χ1v) is 5.37. The summed E-state index contributed by atoms with van der Waals surface area (Å²) in [6.45, 7) is -4.77. The third-order valence-corrected chi connectivity index (χ3v) is 2.39. The molecule has 19 heavy (non-hydrogen) atoms.